The van der Waals surface area contributed by atoms with Crippen LogP contribution in [0.4, 0.5) is 13.2 Å². The third-order valence-electron chi connectivity index (χ3n) is 3.87. The molecule has 2 aromatic rings. The molecule has 0 spiro atoms. The molecule has 0 aliphatic carbocycles. The highest BCUT2D eigenvalue weighted by atomic mass is 19.4. The summed E-state index contributed by atoms with van der Waals surface area (Å²) in [6, 6.07) is 9.00. The van der Waals surface area contributed by atoms with Gasteiger partial charge in [0.25, 0.3) is 0 Å². The number of benzene rings is 2. The van der Waals surface area contributed by atoms with Gasteiger partial charge in [-0.15, -0.1) is 0 Å². The van der Waals surface area contributed by atoms with Crippen LogP contribution < -0.4 is 9.47 Å². The van der Waals surface area contributed by atoms with E-state index in [1.807, 2.05) is 0 Å². The van der Waals surface area contributed by atoms with E-state index in [1.54, 1.807) is 18.2 Å². The Morgan fingerprint density at radius 3 is 2.56 bits per heavy atom. The van der Waals surface area contributed by atoms with Gasteiger partial charge in [-0.05, 0) is 29.8 Å². The quantitative estimate of drug-likeness (QED) is 0.910. The fraction of sp³-hybridized carbons (Fsp3) is 0.278. The lowest BCUT2D eigenvalue weighted by Crippen LogP contribution is -2.15. The van der Waals surface area contributed by atoms with Crippen molar-refractivity contribution in [1.29, 1.82) is 0 Å². The molecule has 0 fully saturated rings. The van der Waals surface area contributed by atoms with Crippen molar-refractivity contribution in [3.05, 3.63) is 59.2 Å². The van der Waals surface area contributed by atoms with Gasteiger partial charge >= 0.3 is 6.18 Å². The molecule has 4 nitrogen and oxygen atoms in total. The molecule has 0 saturated carbocycles. The van der Waals surface area contributed by atoms with Crippen molar-refractivity contribution in [1.82, 2.24) is 0 Å². The van der Waals surface area contributed by atoms with Gasteiger partial charge in [0.1, 0.15) is 24.2 Å². The SMILES string of the molecule is O=C1CCOc2cc(OCC(O)c3ccc(C(F)(F)F)cc3)ccc21. The number of hydrogen-bond acceptors (Lipinski definition) is 4. The molecule has 7 heteroatoms. The monoisotopic (exact) mass is 352 g/mol. The van der Waals surface area contributed by atoms with Gasteiger partial charge in [-0.1, -0.05) is 12.1 Å². The molecule has 0 amide bonds. The summed E-state index contributed by atoms with van der Waals surface area (Å²) < 4.78 is 48.5. The molecule has 0 radical (unpaired) electrons. The molecule has 0 bridgehead atoms. The van der Waals surface area contributed by atoms with Crippen LogP contribution in [0.3, 0.4) is 0 Å². The number of carbonyl (C=O) groups is 1. The second-order valence-electron chi connectivity index (χ2n) is 5.63. The zero-order valence-corrected chi connectivity index (χ0v) is 13.0. The van der Waals surface area contributed by atoms with E-state index in [0.29, 0.717) is 35.7 Å². The van der Waals surface area contributed by atoms with Crippen LogP contribution in [0.25, 0.3) is 0 Å². The number of aliphatic hydroxyl groups excluding tert-OH is 1. The molecule has 0 saturated heterocycles. The van der Waals surface area contributed by atoms with Crippen molar-refractivity contribution in [2.24, 2.45) is 0 Å². The Labute approximate surface area is 141 Å². The van der Waals surface area contributed by atoms with Gasteiger partial charge in [-0.3, -0.25) is 4.79 Å². The maximum atomic E-state index is 12.5. The molecule has 25 heavy (non-hydrogen) atoms. The molecule has 1 N–H and O–H groups in total. The Morgan fingerprint density at radius 2 is 1.88 bits per heavy atom. The lowest BCUT2D eigenvalue weighted by molar-refractivity contribution is -0.137. The summed E-state index contributed by atoms with van der Waals surface area (Å²) in [5.41, 5.74) is 0.0279. The highest BCUT2D eigenvalue weighted by Gasteiger charge is 2.30. The third kappa shape index (κ3) is 3.93. The van der Waals surface area contributed by atoms with Gasteiger partial charge in [0.15, 0.2) is 5.78 Å². The van der Waals surface area contributed by atoms with Crippen LogP contribution in [0.1, 0.15) is 34.0 Å². The number of rotatable bonds is 4. The van der Waals surface area contributed by atoms with Crippen molar-refractivity contribution in [3.63, 3.8) is 0 Å². The molecule has 0 aromatic heterocycles. The number of alkyl halides is 3. The first-order chi connectivity index (χ1) is 11.8. The maximum Gasteiger partial charge on any atom is 0.416 e. The normalized spacial score (nSPS) is 15.3. The number of fused-ring (bicyclic) bond motifs is 1. The van der Waals surface area contributed by atoms with E-state index in [1.165, 1.54) is 12.1 Å². The summed E-state index contributed by atoms with van der Waals surface area (Å²) in [6.45, 7) is 0.168. The number of hydrogen-bond donors (Lipinski definition) is 1. The van der Waals surface area contributed by atoms with E-state index in [9.17, 15) is 23.1 Å². The summed E-state index contributed by atoms with van der Waals surface area (Å²) in [6.07, 6.45) is -5.17. The maximum absolute atomic E-state index is 12.5. The fourth-order valence-corrected chi connectivity index (χ4v) is 2.50. The standard InChI is InChI=1S/C18H15F3O4/c19-18(20,21)12-3-1-11(2-4-12)16(23)10-25-13-5-6-14-15(22)7-8-24-17(14)9-13/h1-6,9,16,23H,7-8,10H2. The molecular weight excluding hydrogens is 337 g/mol. The topological polar surface area (TPSA) is 55.8 Å². The van der Waals surface area contributed by atoms with Gasteiger partial charge in [-0.2, -0.15) is 13.2 Å². The molecule has 3 rings (SSSR count). The summed E-state index contributed by atoms with van der Waals surface area (Å²) in [4.78, 5) is 11.7. The minimum Gasteiger partial charge on any atom is -0.492 e. The average molecular weight is 352 g/mol. The average Bonchev–Trinajstić information content (AvgIpc) is 2.59. The van der Waals surface area contributed by atoms with E-state index in [4.69, 9.17) is 9.47 Å². The second-order valence-corrected chi connectivity index (χ2v) is 5.63. The van der Waals surface area contributed by atoms with Gasteiger partial charge in [0.2, 0.25) is 0 Å². The number of Topliss-reactive ketones (excluding diaryl/α,β-unsaturated/α-hetero) is 1. The number of halogens is 3. The number of ether oxygens (including phenoxy) is 2. The minimum atomic E-state index is -4.42. The first-order valence-electron chi connectivity index (χ1n) is 7.62. The Morgan fingerprint density at radius 1 is 1.16 bits per heavy atom. The van der Waals surface area contributed by atoms with Crippen LogP contribution in [0.15, 0.2) is 42.5 Å². The van der Waals surface area contributed by atoms with E-state index in [-0.39, 0.29) is 12.4 Å². The van der Waals surface area contributed by atoms with E-state index < -0.39 is 17.8 Å². The molecule has 2 aromatic carbocycles. The highest BCUT2D eigenvalue weighted by molar-refractivity contribution is 5.99. The molecule has 1 aliphatic heterocycles. The zero-order chi connectivity index (χ0) is 18.0. The van der Waals surface area contributed by atoms with Crippen LogP contribution in [-0.2, 0) is 6.18 Å². The third-order valence-corrected chi connectivity index (χ3v) is 3.87. The van der Waals surface area contributed by atoms with Crippen molar-refractivity contribution >= 4 is 5.78 Å². The van der Waals surface area contributed by atoms with E-state index in [2.05, 4.69) is 0 Å². The molecule has 132 valence electrons. The van der Waals surface area contributed by atoms with Gasteiger partial charge in [0.05, 0.1) is 17.7 Å². The van der Waals surface area contributed by atoms with Crippen molar-refractivity contribution in [2.45, 2.75) is 18.7 Å². The Kier molecular flexibility index (Phi) is 4.67. The smallest absolute Gasteiger partial charge is 0.416 e. The van der Waals surface area contributed by atoms with Gasteiger partial charge in [0, 0.05) is 12.5 Å². The minimum absolute atomic E-state index is 0.00223. The van der Waals surface area contributed by atoms with Crippen molar-refractivity contribution in [3.8, 4) is 11.5 Å². The fourth-order valence-electron chi connectivity index (χ4n) is 2.50. The number of carbonyl (C=O) groups excluding carboxylic acids is 1. The van der Waals surface area contributed by atoms with Crippen LogP contribution >= 0.6 is 0 Å². The first kappa shape index (κ1) is 17.3. The van der Waals surface area contributed by atoms with Crippen molar-refractivity contribution < 1.29 is 32.5 Å². The molecule has 1 heterocycles. The van der Waals surface area contributed by atoms with Crippen LogP contribution in [0.5, 0.6) is 11.5 Å². The molecule has 1 unspecified atom stereocenters. The van der Waals surface area contributed by atoms with E-state index in [0.717, 1.165) is 12.1 Å². The Balaban J connectivity index is 1.64. The predicted molar refractivity (Wildman–Crippen MR) is 82.8 cm³/mol. The largest absolute Gasteiger partial charge is 0.492 e. The van der Waals surface area contributed by atoms with Crippen LogP contribution in [0, 0.1) is 0 Å². The number of ketones is 1. The Bertz CT molecular complexity index is 769. The van der Waals surface area contributed by atoms with Gasteiger partial charge in [-0.25, -0.2) is 0 Å². The number of aliphatic hydroxyl groups is 1. The summed E-state index contributed by atoms with van der Waals surface area (Å²) in [5, 5.41) is 10.1. The van der Waals surface area contributed by atoms with Crippen LogP contribution in [0.2, 0.25) is 0 Å². The first-order valence-corrected chi connectivity index (χ1v) is 7.62. The molecular formula is C18H15F3O4. The second kappa shape index (κ2) is 6.76. The van der Waals surface area contributed by atoms with Crippen molar-refractivity contribution in [2.75, 3.05) is 13.2 Å². The lowest BCUT2D eigenvalue weighted by Gasteiger charge is -2.18. The lowest BCUT2D eigenvalue weighted by atomic mass is 10.0. The van der Waals surface area contributed by atoms with Crippen LogP contribution in [-0.4, -0.2) is 24.1 Å². The summed E-state index contributed by atoms with van der Waals surface area (Å²) >= 11 is 0. The van der Waals surface area contributed by atoms with E-state index >= 15 is 0 Å². The summed E-state index contributed by atoms with van der Waals surface area (Å²) in [7, 11) is 0. The Hall–Kier alpha value is -2.54. The zero-order valence-electron chi connectivity index (χ0n) is 13.0. The molecule has 1 aliphatic rings. The predicted octanol–water partition coefficient (Wildman–Crippen LogP) is 3.78. The highest BCUT2D eigenvalue weighted by Crippen LogP contribution is 2.31. The summed E-state index contributed by atoms with van der Waals surface area (Å²) in [5.74, 6) is 0.828. The van der Waals surface area contributed by atoms with Gasteiger partial charge < -0.3 is 14.6 Å². The molecule has 1 atom stereocenters.